The van der Waals surface area contributed by atoms with Crippen LogP contribution in [0.2, 0.25) is 0 Å². The second-order valence-corrected chi connectivity index (χ2v) is 7.06. The van der Waals surface area contributed by atoms with Crippen LogP contribution in [0.15, 0.2) is 40.8 Å². The van der Waals surface area contributed by atoms with Gasteiger partial charge in [-0.2, -0.15) is 16.4 Å². The molecule has 0 fully saturated rings. The maximum atomic E-state index is 12.3. The molecule has 3 rings (SSSR count). The molecule has 1 unspecified atom stereocenters. The summed E-state index contributed by atoms with van der Waals surface area (Å²) in [7, 11) is 0. The summed E-state index contributed by atoms with van der Waals surface area (Å²) in [4.78, 5) is 16.6. The predicted octanol–water partition coefficient (Wildman–Crippen LogP) is 3.20. The normalized spacial score (nSPS) is 12.2. The van der Waals surface area contributed by atoms with Gasteiger partial charge in [0.1, 0.15) is 5.01 Å². The molecule has 3 heterocycles. The highest BCUT2D eigenvalue weighted by atomic mass is 32.1. The molecule has 0 spiro atoms. The first-order valence-corrected chi connectivity index (χ1v) is 9.22. The summed E-state index contributed by atoms with van der Waals surface area (Å²) < 4.78 is 1.80. The number of hydrogen-bond acceptors (Lipinski definition) is 5. The van der Waals surface area contributed by atoms with Gasteiger partial charge in [-0.25, -0.2) is 4.98 Å². The molecule has 0 aromatic carbocycles. The van der Waals surface area contributed by atoms with E-state index >= 15 is 0 Å². The van der Waals surface area contributed by atoms with Crippen LogP contribution in [0, 0.1) is 6.92 Å². The molecule has 23 heavy (non-hydrogen) atoms. The lowest BCUT2D eigenvalue weighted by molar-refractivity contribution is -0.122. The smallest absolute Gasteiger partial charge is 0.222 e. The van der Waals surface area contributed by atoms with Crippen molar-refractivity contribution in [2.24, 2.45) is 0 Å². The Labute approximate surface area is 143 Å². The first-order valence-electron chi connectivity index (χ1n) is 7.39. The molecule has 3 aromatic rings. The third-order valence-electron chi connectivity index (χ3n) is 3.43. The monoisotopic (exact) mass is 346 g/mol. The molecule has 5 nitrogen and oxygen atoms in total. The number of rotatable bonds is 7. The largest absolute Gasteiger partial charge is 0.346 e. The highest BCUT2D eigenvalue weighted by Gasteiger charge is 2.18. The van der Waals surface area contributed by atoms with Crippen LogP contribution in [0.4, 0.5) is 0 Å². The highest BCUT2D eigenvalue weighted by Crippen LogP contribution is 2.22. The second kappa shape index (κ2) is 7.52. The van der Waals surface area contributed by atoms with Gasteiger partial charge in [0.25, 0.3) is 0 Å². The first-order chi connectivity index (χ1) is 11.2. The number of nitrogens with one attached hydrogen (secondary N) is 1. The van der Waals surface area contributed by atoms with Crippen LogP contribution in [0.5, 0.6) is 0 Å². The van der Waals surface area contributed by atoms with Gasteiger partial charge in [0.2, 0.25) is 5.91 Å². The van der Waals surface area contributed by atoms with Crippen molar-refractivity contribution in [2.45, 2.75) is 32.4 Å². The molecule has 0 aliphatic rings. The number of thiazole rings is 1. The summed E-state index contributed by atoms with van der Waals surface area (Å²) in [5.41, 5.74) is 2.32. The molecular weight excluding hydrogens is 328 g/mol. The molecule has 1 N–H and O–H groups in total. The molecule has 120 valence electrons. The van der Waals surface area contributed by atoms with Crippen LogP contribution < -0.4 is 5.32 Å². The van der Waals surface area contributed by atoms with Gasteiger partial charge in [-0.3, -0.25) is 9.48 Å². The fourth-order valence-corrected chi connectivity index (χ4v) is 3.69. The molecule has 0 aliphatic heterocycles. The quantitative estimate of drug-likeness (QED) is 0.715. The molecular formula is C16H18N4OS2. The Bertz CT molecular complexity index is 734. The van der Waals surface area contributed by atoms with Crippen molar-refractivity contribution in [1.29, 1.82) is 0 Å². The molecule has 1 amide bonds. The SMILES string of the molecule is Cc1cnn(CCC(=O)NC(Cc2ccsc2)c2nccs2)c1. The van der Waals surface area contributed by atoms with Gasteiger partial charge >= 0.3 is 0 Å². The van der Waals surface area contributed by atoms with Crippen LogP contribution in [-0.4, -0.2) is 20.7 Å². The Morgan fingerprint density at radius 2 is 2.35 bits per heavy atom. The summed E-state index contributed by atoms with van der Waals surface area (Å²) in [5.74, 6) is 0.0218. The van der Waals surface area contributed by atoms with E-state index in [1.165, 1.54) is 5.56 Å². The van der Waals surface area contributed by atoms with Crippen LogP contribution in [0.3, 0.4) is 0 Å². The van der Waals surface area contributed by atoms with Gasteiger partial charge in [0.15, 0.2) is 0 Å². The molecule has 7 heteroatoms. The zero-order valence-electron chi connectivity index (χ0n) is 12.8. The Kier molecular flexibility index (Phi) is 5.19. The number of carbonyl (C=O) groups is 1. The minimum atomic E-state index is -0.0727. The van der Waals surface area contributed by atoms with E-state index in [2.05, 4.69) is 32.2 Å². The van der Waals surface area contributed by atoms with E-state index in [1.54, 1.807) is 39.7 Å². The van der Waals surface area contributed by atoms with Crippen LogP contribution >= 0.6 is 22.7 Å². The van der Waals surface area contributed by atoms with Crippen molar-refractivity contribution >= 4 is 28.6 Å². The molecule has 1 atom stereocenters. The van der Waals surface area contributed by atoms with Crippen molar-refractivity contribution in [3.8, 4) is 0 Å². The predicted molar refractivity (Wildman–Crippen MR) is 92.6 cm³/mol. The fraction of sp³-hybridized carbons (Fsp3) is 0.312. The molecule has 3 aromatic heterocycles. The fourth-order valence-electron chi connectivity index (χ4n) is 2.32. The lowest BCUT2D eigenvalue weighted by Gasteiger charge is -2.16. The summed E-state index contributed by atoms with van der Waals surface area (Å²) in [5, 5.41) is 14.4. The van der Waals surface area contributed by atoms with Crippen LogP contribution in [-0.2, 0) is 17.8 Å². The average molecular weight is 346 g/mol. The number of carbonyl (C=O) groups excluding carboxylic acids is 1. The van der Waals surface area contributed by atoms with Gasteiger partial charge in [-0.1, -0.05) is 0 Å². The lowest BCUT2D eigenvalue weighted by atomic mass is 10.1. The van der Waals surface area contributed by atoms with E-state index in [-0.39, 0.29) is 11.9 Å². The second-order valence-electron chi connectivity index (χ2n) is 5.36. The van der Waals surface area contributed by atoms with Crippen molar-refractivity contribution in [1.82, 2.24) is 20.1 Å². The number of aromatic nitrogens is 3. The number of hydrogen-bond donors (Lipinski definition) is 1. The van der Waals surface area contributed by atoms with Crippen LogP contribution in [0.25, 0.3) is 0 Å². The van der Waals surface area contributed by atoms with Gasteiger partial charge in [0.05, 0.1) is 12.2 Å². The maximum Gasteiger partial charge on any atom is 0.222 e. The van der Waals surface area contributed by atoms with E-state index in [4.69, 9.17) is 0 Å². The van der Waals surface area contributed by atoms with Crippen molar-refractivity contribution in [3.63, 3.8) is 0 Å². The van der Waals surface area contributed by atoms with Crippen molar-refractivity contribution in [3.05, 3.63) is 56.9 Å². The maximum absolute atomic E-state index is 12.3. The zero-order valence-corrected chi connectivity index (χ0v) is 14.4. The zero-order chi connectivity index (χ0) is 16.1. The molecule has 0 saturated heterocycles. The number of aryl methyl sites for hydroxylation is 2. The van der Waals surface area contributed by atoms with E-state index in [0.29, 0.717) is 13.0 Å². The lowest BCUT2D eigenvalue weighted by Crippen LogP contribution is -2.30. The first kappa shape index (κ1) is 15.9. The van der Waals surface area contributed by atoms with Gasteiger partial charge in [-0.15, -0.1) is 11.3 Å². The minimum Gasteiger partial charge on any atom is -0.346 e. The van der Waals surface area contributed by atoms with E-state index in [1.807, 2.05) is 18.5 Å². The van der Waals surface area contributed by atoms with E-state index in [9.17, 15) is 4.79 Å². The third kappa shape index (κ3) is 4.49. The highest BCUT2D eigenvalue weighted by molar-refractivity contribution is 7.09. The third-order valence-corrected chi connectivity index (χ3v) is 5.06. The Morgan fingerprint density at radius 1 is 1.43 bits per heavy atom. The van der Waals surface area contributed by atoms with Crippen molar-refractivity contribution < 1.29 is 4.79 Å². The van der Waals surface area contributed by atoms with Gasteiger partial charge < -0.3 is 5.32 Å². The topological polar surface area (TPSA) is 59.8 Å². The standard InChI is InChI=1S/C16H18N4OS2/c1-12-9-18-20(10-12)5-2-15(21)19-14(16-17-4-7-23-16)8-13-3-6-22-11-13/h3-4,6-7,9-11,14H,2,5,8H2,1H3,(H,19,21). The molecule has 0 aliphatic carbocycles. The average Bonchev–Trinajstić information content (AvgIpc) is 3.27. The van der Waals surface area contributed by atoms with Gasteiger partial charge in [-0.05, 0) is 34.9 Å². The molecule has 0 saturated carbocycles. The Morgan fingerprint density at radius 3 is 3.00 bits per heavy atom. The molecule has 0 bridgehead atoms. The summed E-state index contributed by atoms with van der Waals surface area (Å²) >= 11 is 3.24. The molecule has 0 radical (unpaired) electrons. The van der Waals surface area contributed by atoms with E-state index < -0.39 is 0 Å². The summed E-state index contributed by atoms with van der Waals surface area (Å²) in [6, 6.07) is 2.01. The number of nitrogens with zero attached hydrogens (tertiary/aromatic N) is 3. The Hall–Kier alpha value is -1.99. The summed E-state index contributed by atoms with van der Waals surface area (Å²) in [6.07, 6.45) is 6.69. The van der Waals surface area contributed by atoms with Crippen molar-refractivity contribution in [2.75, 3.05) is 0 Å². The number of amides is 1. The Balaban J connectivity index is 1.60. The van der Waals surface area contributed by atoms with Crippen LogP contribution in [0.1, 0.15) is 28.6 Å². The minimum absolute atomic E-state index is 0.0218. The van der Waals surface area contributed by atoms with E-state index in [0.717, 1.165) is 17.0 Å². The van der Waals surface area contributed by atoms with Gasteiger partial charge in [0, 0.05) is 37.2 Å². The number of thiophene rings is 1. The summed E-state index contributed by atoms with van der Waals surface area (Å²) in [6.45, 7) is 2.58.